The number of H-pyrrole nitrogens is 1. The van der Waals surface area contributed by atoms with Gasteiger partial charge in [0.25, 0.3) is 5.91 Å². The van der Waals surface area contributed by atoms with Crippen LogP contribution in [0.2, 0.25) is 0 Å². The van der Waals surface area contributed by atoms with E-state index in [1.165, 1.54) is 23.1 Å². The van der Waals surface area contributed by atoms with Gasteiger partial charge in [-0.05, 0) is 61.7 Å². The molecule has 5 rings (SSSR count). The molecule has 0 unspecified atom stereocenters. The average molecular weight is 447 g/mol. The van der Waals surface area contributed by atoms with Crippen molar-refractivity contribution in [3.8, 4) is 0 Å². The van der Waals surface area contributed by atoms with E-state index in [1.54, 1.807) is 0 Å². The number of ether oxygens (including phenoxy) is 1. The Kier molecular flexibility index (Phi) is 6.93. The Bertz CT molecular complexity index is 1050. The predicted octanol–water partition coefficient (Wildman–Crippen LogP) is 3.79. The van der Waals surface area contributed by atoms with Gasteiger partial charge in [0.2, 0.25) is 0 Å². The Morgan fingerprint density at radius 1 is 0.909 bits per heavy atom. The van der Waals surface area contributed by atoms with Gasteiger partial charge in [-0.2, -0.15) is 0 Å². The first-order chi connectivity index (χ1) is 16.3. The van der Waals surface area contributed by atoms with Crippen molar-refractivity contribution in [3.63, 3.8) is 0 Å². The van der Waals surface area contributed by atoms with Crippen LogP contribution < -0.4 is 4.90 Å². The Morgan fingerprint density at radius 3 is 2.48 bits per heavy atom. The van der Waals surface area contributed by atoms with Gasteiger partial charge in [0.05, 0.1) is 13.2 Å². The number of nitrogens with one attached hydrogen (secondary N) is 1. The molecule has 6 nitrogen and oxygen atoms in total. The van der Waals surface area contributed by atoms with E-state index in [0.29, 0.717) is 26.3 Å². The number of benzene rings is 2. The summed E-state index contributed by atoms with van der Waals surface area (Å²) in [6.45, 7) is 8.25. The zero-order chi connectivity index (χ0) is 22.5. The maximum absolute atomic E-state index is 12.9. The smallest absolute Gasteiger partial charge is 0.254 e. The molecule has 6 heteroatoms. The molecule has 0 bridgehead atoms. The number of nitrogens with zero attached hydrogens (tertiary/aromatic N) is 3. The molecule has 1 amide bonds. The predicted molar refractivity (Wildman–Crippen MR) is 133 cm³/mol. The van der Waals surface area contributed by atoms with Gasteiger partial charge in [0.1, 0.15) is 0 Å². The monoisotopic (exact) mass is 446 g/mol. The Balaban J connectivity index is 1.11. The Hall–Kier alpha value is -2.83. The standard InChI is InChI=1S/C27H34N4O2/c32-27(31-16-18-33-19-17-31)22-9-10-26-25(20-22)23(21-28-26)6-4-5-11-29-12-14-30(15-13-29)24-7-2-1-3-8-24/h1-3,7-10,20-21,28H,4-6,11-19H2. The van der Waals surface area contributed by atoms with E-state index < -0.39 is 0 Å². The third-order valence-electron chi connectivity index (χ3n) is 6.98. The lowest BCUT2D eigenvalue weighted by molar-refractivity contribution is 0.0303. The van der Waals surface area contributed by atoms with Gasteiger partial charge in [-0.1, -0.05) is 18.2 Å². The molecular formula is C27H34N4O2. The topological polar surface area (TPSA) is 51.8 Å². The zero-order valence-corrected chi connectivity index (χ0v) is 19.3. The molecular weight excluding hydrogens is 412 g/mol. The fourth-order valence-electron chi connectivity index (χ4n) is 4.99. The van der Waals surface area contributed by atoms with Crippen LogP contribution >= 0.6 is 0 Å². The number of hydrogen-bond donors (Lipinski definition) is 1. The van der Waals surface area contributed by atoms with Crippen LogP contribution in [-0.2, 0) is 11.2 Å². The largest absolute Gasteiger partial charge is 0.378 e. The zero-order valence-electron chi connectivity index (χ0n) is 19.3. The van der Waals surface area contributed by atoms with Gasteiger partial charge < -0.3 is 19.5 Å². The van der Waals surface area contributed by atoms with Crippen LogP contribution in [0, 0.1) is 0 Å². The second-order valence-corrected chi connectivity index (χ2v) is 9.10. The number of unbranched alkanes of at least 4 members (excludes halogenated alkanes) is 1. The summed E-state index contributed by atoms with van der Waals surface area (Å²) in [5.41, 5.74) is 4.54. The minimum atomic E-state index is 0.113. The average Bonchev–Trinajstić information content (AvgIpc) is 3.30. The van der Waals surface area contributed by atoms with Crippen molar-refractivity contribution in [2.45, 2.75) is 19.3 Å². The number of hydrogen-bond acceptors (Lipinski definition) is 4. The van der Waals surface area contributed by atoms with Gasteiger partial charge >= 0.3 is 0 Å². The molecule has 0 atom stereocenters. The summed E-state index contributed by atoms with van der Waals surface area (Å²) in [5.74, 6) is 0.113. The first kappa shape index (κ1) is 22.0. The molecule has 174 valence electrons. The summed E-state index contributed by atoms with van der Waals surface area (Å²) in [5, 5.41) is 1.19. The molecule has 0 saturated carbocycles. The van der Waals surface area contributed by atoms with E-state index in [9.17, 15) is 4.79 Å². The molecule has 2 aromatic carbocycles. The second kappa shape index (κ2) is 10.4. The molecule has 1 N–H and O–H groups in total. The number of fused-ring (bicyclic) bond motifs is 1. The van der Waals surface area contributed by atoms with Crippen molar-refractivity contribution in [2.24, 2.45) is 0 Å². The molecule has 2 fully saturated rings. The molecule has 0 spiro atoms. The van der Waals surface area contributed by atoms with Crippen LogP contribution in [0.25, 0.3) is 10.9 Å². The Morgan fingerprint density at radius 2 is 1.70 bits per heavy atom. The molecule has 3 heterocycles. The van der Waals surface area contributed by atoms with E-state index in [4.69, 9.17) is 4.74 Å². The van der Waals surface area contributed by atoms with Crippen molar-refractivity contribution in [1.82, 2.24) is 14.8 Å². The van der Waals surface area contributed by atoms with E-state index >= 15 is 0 Å². The third kappa shape index (κ3) is 5.23. The summed E-state index contributed by atoms with van der Waals surface area (Å²) in [7, 11) is 0. The normalized spacial score (nSPS) is 17.6. The summed E-state index contributed by atoms with van der Waals surface area (Å²) >= 11 is 0. The van der Waals surface area contributed by atoms with E-state index in [-0.39, 0.29) is 5.91 Å². The highest BCUT2D eigenvalue weighted by Crippen LogP contribution is 2.23. The molecule has 0 aliphatic carbocycles. The van der Waals surface area contributed by atoms with Gasteiger partial charge in [-0.25, -0.2) is 0 Å². The van der Waals surface area contributed by atoms with Gasteiger partial charge in [-0.15, -0.1) is 0 Å². The van der Waals surface area contributed by atoms with Crippen LogP contribution in [0.1, 0.15) is 28.8 Å². The van der Waals surface area contributed by atoms with E-state index in [0.717, 1.165) is 56.6 Å². The van der Waals surface area contributed by atoms with E-state index in [2.05, 4.69) is 57.4 Å². The fraction of sp³-hybridized carbons (Fsp3) is 0.444. The summed E-state index contributed by atoms with van der Waals surface area (Å²) in [4.78, 5) is 23.2. The van der Waals surface area contributed by atoms with Gasteiger partial charge in [0.15, 0.2) is 0 Å². The van der Waals surface area contributed by atoms with Crippen molar-refractivity contribution >= 4 is 22.5 Å². The number of aromatic amines is 1. The first-order valence-corrected chi connectivity index (χ1v) is 12.3. The molecule has 3 aromatic rings. The lowest BCUT2D eigenvalue weighted by atomic mass is 10.0. The van der Waals surface area contributed by atoms with Gasteiger partial charge in [0, 0.05) is 67.6 Å². The van der Waals surface area contributed by atoms with Crippen LogP contribution in [0.5, 0.6) is 0 Å². The number of amides is 1. The molecule has 0 radical (unpaired) electrons. The lowest BCUT2D eigenvalue weighted by Crippen LogP contribution is -2.46. The molecule has 2 saturated heterocycles. The summed E-state index contributed by atoms with van der Waals surface area (Å²) in [6, 6.07) is 16.8. The maximum Gasteiger partial charge on any atom is 0.254 e. The highest BCUT2D eigenvalue weighted by molar-refractivity contribution is 5.98. The second-order valence-electron chi connectivity index (χ2n) is 9.10. The van der Waals surface area contributed by atoms with Crippen molar-refractivity contribution in [1.29, 1.82) is 0 Å². The molecule has 1 aromatic heterocycles. The van der Waals surface area contributed by atoms with Gasteiger partial charge in [-0.3, -0.25) is 9.69 Å². The number of carbonyl (C=O) groups is 1. The summed E-state index contributed by atoms with van der Waals surface area (Å²) in [6.07, 6.45) is 5.52. The van der Waals surface area contributed by atoms with Crippen LogP contribution in [0.15, 0.2) is 54.7 Å². The summed E-state index contributed by atoms with van der Waals surface area (Å²) < 4.78 is 5.38. The highest BCUT2D eigenvalue weighted by Gasteiger charge is 2.20. The first-order valence-electron chi connectivity index (χ1n) is 12.3. The van der Waals surface area contributed by atoms with Crippen LogP contribution in [0.3, 0.4) is 0 Å². The van der Waals surface area contributed by atoms with Crippen molar-refractivity contribution in [2.75, 3.05) is 63.9 Å². The quantitative estimate of drug-likeness (QED) is 0.561. The Labute approximate surface area is 196 Å². The minimum Gasteiger partial charge on any atom is -0.378 e. The molecule has 33 heavy (non-hydrogen) atoms. The minimum absolute atomic E-state index is 0.113. The molecule has 2 aliphatic rings. The number of anilines is 1. The van der Waals surface area contributed by atoms with E-state index in [1.807, 2.05) is 17.0 Å². The number of aromatic nitrogens is 1. The maximum atomic E-state index is 12.9. The number of rotatable bonds is 7. The van der Waals surface area contributed by atoms with Crippen molar-refractivity contribution in [3.05, 3.63) is 65.9 Å². The number of morpholine rings is 1. The fourth-order valence-corrected chi connectivity index (χ4v) is 4.99. The third-order valence-corrected chi connectivity index (χ3v) is 6.98. The SMILES string of the molecule is O=C(c1ccc2[nH]cc(CCCCN3CCN(c4ccccc4)CC3)c2c1)N1CCOCC1. The number of carbonyl (C=O) groups excluding carboxylic acids is 1. The number of para-hydroxylation sites is 1. The molecule has 2 aliphatic heterocycles. The van der Waals surface area contributed by atoms with Crippen LogP contribution in [-0.4, -0.2) is 79.7 Å². The van der Waals surface area contributed by atoms with Crippen LogP contribution in [0.4, 0.5) is 5.69 Å². The number of piperazine rings is 1. The van der Waals surface area contributed by atoms with Crippen molar-refractivity contribution < 1.29 is 9.53 Å². The highest BCUT2D eigenvalue weighted by atomic mass is 16.5. The lowest BCUT2D eigenvalue weighted by Gasteiger charge is -2.36. The number of aryl methyl sites for hydroxylation is 1.